The van der Waals surface area contributed by atoms with Crippen LogP contribution in [0.3, 0.4) is 0 Å². The lowest BCUT2D eigenvalue weighted by Gasteiger charge is -1.99. The summed E-state index contributed by atoms with van der Waals surface area (Å²) >= 11 is 0. The minimum Gasteiger partial charge on any atom is -0.500 e. The van der Waals surface area contributed by atoms with E-state index in [-0.39, 0.29) is 12.2 Å². The van der Waals surface area contributed by atoms with E-state index in [0.717, 1.165) is 6.26 Å². The van der Waals surface area contributed by atoms with Gasteiger partial charge in [0.15, 0.2) is 5.57 Å². The van der Waals surface area contributed by atoms with Gasteiger partial charge in [0.2, 0.25) is 0 Å². The zero-order valence-corrected chi connectivity index (χ0v) is 7.45. The Bertz CT molecular complexity index is 250. The van der Waals surface area contributed by atoms with Gasteiger partial charge in [0.25, 0.3) is 0 Å². The lowest BCUT2D eigenvalue weighted by molar-refractivity contribution is -0.137. The van der Waals surface area contributed by atoms with Crippen LogP contribution >= 0.6 is 0 Å². The molecular weight excluding hydrogens is 170 g/mol. The van der Waals surface area contributed by atoms with Crippen LogP contribution < -0.4 is 0 Å². The maximum absolute atomic E-state index is 11.0. The SMILES string of the molecule is C=CCOC(=O)/C(C#N)=C/OCC. The Labute approximate surface area is 77.1 Å². The first-order valence-electron chi connectivity index (χ1n) is 3.76. The van der Waals surface area contributed by atoms with Gasteiger partial charge in [-0.3, -0.25) is 0 Å². The third kappa shape index (κ3) is 4.64. The second-order valence-electron chi connectivity index (χ2n) is 1.99. The molecule has 0 N–H and O–H groups in total. The molecule has 0 aromatic rings. The lowest BCUT2D eigenvalue weighted by atomic mass is 10.3. The Morgan fingerprint density at radius 2 is 2.38 bits per heavy atom. The van der Waals surface area contributed by atoms with E-state index >= 15 is 0 Å². The van der Waals surface area contributed by atoms with E-state index in [9.17, 15) is 4.79 Å². The van der Waals surface area contributed by atoms with Gasteiger partial charge in [0.05, 0.1) is 6.61 Å². The highest BCUT2D eigenvalue weighted by molar-refractivity contribution is 5.92. The Morgan fingerprint density at radius 3 is 2.85 bits per heavy atom. The van der Waals surface area contributed by atoms with Crippen LogP contribution in [-0.2, 0) is 14.3 Å². The van der Waals surface area contributed by atoms with Crippen molar-refractivity contribution in [2.24, 2.45) is 0 Å². The average molecular weight is 181 g/mol. The standard InChI is InChI=1S/C9H11NO3/c1-3-5-13-9(11)8(6-10)7-12-4-2/h3,7H,1,4-5H2,2H3/b8-7+. The number of carbonyl (C=O) groups excluding carboxylic acids is 1. The fourth-order valence-corrected chi connectivity index (χ4v) is 0.499. The fraction of sp³-hybridized carbons (Fsp3) is 0.333. The van der Waals surface area contributed by atoms with Gasteiger partial charge in [0.1, 0.15) is 18.9 Å². The molecule has 0 fully saturated rings. The molecule has 13 heavy (non-hydrogen) atoms. The van der Waals surface area contributed by atoms with Crippen molar-refractivity contribution in [3.63, 3.8) is 0 Å². The van der Waals surface area contributed by atoms with Crippen molar-refractivity contribution in [3.8, 4) is 6.07 Å². The van der Waals surface area contributed by atoms with Gasteiger partial charge in [-0.2, -0.15) is 5.26 Å². The number of hydrogen-bond donors (Lipinski definition) is 0. The third-order valence-electron chi connectivity index (χ3n) is 1.04. The molecule has 0 aromatic carbocycles. The molecule has 0 heterocycles. The molecule has 0 saturated heterocycles. The van der Waals surface area contributed by atoms with Gasteiger partial charge in [-0.15, -0.1) is 0 Å². The lowest BCUT2D eigenvalue weighted by Crippen LogP contribution is -2.07. The summed E-state index contributed by atoms with van der Waals surface area (Å²) in [5.74, 6) is -0.698. The maximum Gasteiger partial charge on any atom is 0.352 e. The minimum absolute atomic E-state index is 0.0873. The van der Waals surface area contributed by atoms with Gasteiger partial charge in [-0.05, 0) is 6.92 Å². The van der Waals surface area contributed by atoms with E-state index in [1.54, 1.807) is 13.0 Å². The highest BCUT2D eigenvalue weighted by atomic mass is 16.5. The summed E-state index contributed by atoms with van der Waals surface area (Å²) < 4.78 is 9.39. The summed E-state index contributed by atoms with van der Waals surface area (Å²) in [5, 5.41) is 8.50. The summed E-state index contributed by atoms with van der Waals surface area (Å²) in [6.07, 6.45) is 2.51. The monoisotopic (exact) mass is 181 g/mol. The number of nitriles is 1. The molecule has 0 amide bonds. The van der Waals surface area contributed by atoms with Crippen molar-refractivity contribution in [2.45, 2.75) is 6.92 Å². The van der Waals surface area contributed by atoms with Crippen LogP contribution in [0.5, 0.6) is 0 Å². The number of hydrogen-bond acceptors (Lipinski definition) is 4. The molecule has 0 radical (unpaired) electrons. The number of carbonyl (C=O) groups is 1. The molecule has 0 rings (SSSR count). The maximum atomic E-state index is 11.0. The van der Waals surface area contributed by atoms with Gasteiger partial charge < -0.3 is 9.47 Å². The van der Waals surface area contributed by atoms with Crippen molar-refractivity contribution < 1.29 is 14.3 Å². The molecule has 0 atom stereocenters. The van der Waals surface area contributed by atoms with Crippen LogP contribution in [-0.4, -0.2) is 19.2 Å². The van der Waals surface area contributed by atoms with Crippen LogP contribution in [0.25, 0.3) is 0 Å². The van der Waals surface area contributed by atoms with Crippen molar-refractivity contribution in [3.05, 3.63) is 24.5 Å². The number of esters is 1. The molecule has 4 heteroatoms. The molecule has 0 unspecified atom stereocenters. The van der Waals surface area contributed by atoms with Gasteiger partial charge in [-0.25, -0.2) is 4.79 Å². The fourth-order valence-electron chi connectivity index (χ4n) is 0.499. The molecular formula is C9H11NO3. The normalized spacial score (nSPS) is 10.0. The number of ether oxygens (including phenoxy) is 2. The Kier molecular flexibility index (Phi) is 5.98. The van der Waals surface area contributed by atoms with Crippen LogP contribution in [0.4, 0.5) is 0 Å². The predicted molar refractivity (Wildman–Crippen MR) is 46.5 cm³/mol. The molecule has 0 aromatic heterocycles. The smallest absolute Gasteiger partial charge is 0.352 e. The zero-order chi connectivity index (χ0) is 10.1. The van der Waals surface area contributed by atoms with E-state index in [4.69, 9.17) is 10.00 Å². The Morgan fingerprint density at radius 1 is 1.69 bits per heavy atom. The van der Waals surface area contributed by atoms with E-state index in [1.807, 2.05) is 0 Å². The summed E-state index contributed by atoms with van der Waals surface area (Å²) in [4.78, 5) is 11.0. The van der Waals surface area contributed by atoms with Crippen molar-refractivity contribution >= 4 is 5.97 Å². The zero-order valence-electron chi connectivity index (χ0n) is 7.45. The van der Waals surface area contributed by atoms with Crippen LogP contribution in [0, 0.1) is 11.3 Å². The Hall–Kier alpha value is -1.76. The first-order valence-corrected chi connectivity index (χ1v) is 3.76. The largest absolute Gasteiger partial charge is 0.500 e. The summed E-state index contributed by atoms with van der Waals surface area (Å²) in [7, 11) is 0. The van der Waals surface area contributed by atoms with Gasteiger partial charge >= 0.3 is 5.97 Å². The highest BCUT2D eigenvalue weighted by Gasteiger charge is 2.09. The first-order chi connectivity index (χ1) is 6.26. The van der Waals surface area contributed by atoms with Crippen LogP contribution in [0.15, 0.2) is 24.5 Å². The molecule has 0 saturated carbocycles. The second-order valence-corrected chi connectivity index (χ2v) is 1.99. The Balaban J connectivity index is 4.16. The molecule has 4 nitrogen and oxygen atoms in total. The minimum atomic E-state index is -0.698. The summed E-state index contributed by atoms with van der Waals surface area (Å²) in [6, 6.07) is 1.67. The molecule has 0 aliphatic carbocycles. The van der Waals surface area contributed by atoms with E-state index in [2.05, 4.69) is 11.3 Å². The highest BCUT2D eigenvalue weighted by Crippen LogP contribution is 1.97. The molecule has 0 aliphatic rings. The van der Waals surface area contributed by atoms with Crippen molar-refractivity contribution in [1.82, 2.24) is 0 Å². The van der Waals surface area contributed by atoms with Crippen LogP contribution in [0.2, 0.25) is 0 Å². The van der Waals surface area contributed by atoms with Crippen LogP contribution in [0.1, 0.15) is 6.92 Å². The van der Waals surface area contributed by atoms with Crippen molar-refractivity contribution in [1.29, 1.82) is 5.26 Å². The second kappa shape index (κ2) is 6.92. The molecule has 70 valence electrons. The topological polar surface area (TPSA) is 59.3 Å². The van der Waals surface area contributed by atoms with Gasteiger partial charge in [0, 0.05) is 0 Å². The molecule has 0 bridgehead atoms. The first kappa shape index (κ1) is 11.2. The van der Waals surface area contributed by atoms with E-state index < -0.39 is 5.97 Å². The number of rotatable bonds is 5. The third-order valence-corrected chi connectivity index (χ3v) is 1.04. The molecule has 0 aliphatic heterocycles. The summed E-state index contributed by atoms with van der Waals surface area (Å²) in [5.41, 5.74) is -0.149. The van der Waals surface area contributed by atoms with Gasteiger partial charge in [-0.1, -0.05) is 12.7 Å². The summed E-state index contributed by atoms with van der Waals surface area (Å²) in [6.45, 7) is 5.61. The van der Waals surface area contributed by atoms with E-state index in [1.165, 1.54) is 6.08 Å². The predicted octanol–water partition coefficient (Wildman–Crippen LogP) is 1.16. The van der Waals surface area contributed by atoms with E-state index in [0.29, 0.717) is 6.61 Å². The average Bonchev–Trinajstić information content (AvgIpc) is 2.16. The quantitative estimate of drug-likeness (QED) is 0.210. The molecule has 0 spiro atoms. The number of nitrogens with zero attached hydrogens (tertiary/aromatic N) is 1. The van der Waals surface area contributed by atoms with Crippen molar-refractivity contribution in [2.75, 3.05) is 13.2 Å².